The Morgan fingerprint density at radius 1 is 1.35 bits per heavy atom. The monoisotopic (exact) mass is 317 g/mol. The number of hydrogen-bond donors (Lipinski definition) is 0. The average Bonchev–Trinajstić information content (AvgIpc) is 2.26. The highest BCUT2D eigenvalue weighted by Gasteiger charge is 2.50. The molecule has 1 aliphatic rings. The summed E-state index contributed by atoms with van der Waals surface area (Å²) in [7, 11) is -6.19. The van der Waals surface area contributed by atoms with Crippen LogP contribution in [0.3, 0.4) is 0 Å². The van der Waals surface area contributed by atoms with Gasteiger partial charge in [0.2, 0.25) is 0 Å². The molecular weight excluding hydrogens is 311 g/mol. The summed E-state index contributed by atoms with van der Waals surface area (Å²) in [5.41, 5.74) is -6.88. The van der Waals surface area contributed by atoms with Crippen LogP contribution >= 0.6 is 0 Å². The zero-order chi connectivity index (χ0) is 15.7. The molecule has 0 spiro atoms. The van der Waals surface area contributed by atoms with Crippen molar-refractivity contribution in [1.82, 2.24) is 4.90 Å². The number of hydrogen-bond acceptors (Lipinski definition) is 7. The van der Waals surface area contributed by atoms with Gasteiger partial charge in [0.05, 0.1) is 5.97 Å². The van der Waals surface area contributed by atoms with Crippen LogP contribution in [-0.4, -0.2) is 43.7 Å². The second kappa shape index (κ2) is 5.28. The molecular formula is C8H6F3NO7S-2. The van der Waals surface area contributed by atoms with E-state index in [1.165, 1.54) is 0 Å². The van der Waals surface area contributed by atoms with Crippen molar-refractivity contribution in [3.05, 3.63) is 11.6 Å². The predicted molar refractivity (Wildman–Crippen MR) is 49.7 cm³/mol. The molecule has 0 bridgehead atoms. The molecule has 0 fully saturated rings. The first-order valence-corrected chi connectivity index (χ1v) is 6.27. The maximum atomic E-state index is 12.2. The van der Waals surface area contributed by atoms with Crippen LogP contribution in [0, 0.1) is 0 Å². The average molecular weight is 317 g/mol. The summed E-state index contributed by atoms with van der Waals surface area (Å²) in [4.78, 5) is 21.4. The number of amides is 1. The van der Waals surface area contributed by atoms with E-state index in [2.05, 4.69) is 4.18 Å². The van der Waals surface area contributed by atoms with E-state index in [4.69, 9.17) is 0 Å². The SMILES string of the molecule is O=C([O-])C1=CCCN(C(=O)[O-])C1OS(=O)(=O)C(F)(F)F. The Labute approximate surface area is 110 Å². The highest BCUT2D eigenvalue weighted by atomic mass is 32.2. The first kappa shape index (κ1) is 16.2. The fraction of sp³-hybridized carbons (Fsp3) is 0.500. The Hall–Kier alpha value is -1.82. The summed E-state index contributed by atoms with van der Waals surface area (Å²) in [6, 6.07) is 0. The summed E-state index contributed by atoms with van der Waals surface area (Å²) in [6.07, 6.45) is -3.96. The topological polar surface area (TPSA) is 127 Å². The standard InChI is InChI=1S/C8H8F3NO7S/c9-8(10,11)20(17,18)19-5-4(6(13)14)2-1-3-12(5)7(15)16/h2,5H,1,3H2,(H,13,14)(H,15,16)/p-2. The predicted octanol–water partition coefficient (Wildman–Crippen LogP) is -2.10. The molecule has 20 heavy (non-hydrogen) atoms. The lowest BCUT2D eigenvalue weighted by Crippen LogP contribution is -2.54. The van der Waals surface area contributed by atoms with Crippen molar-refractivity contribution < 1.29 is 45.6 Å². The van der Waals surface area contributed by atoms with E-state index < -0.39 is 46.0 Å². The van der Waals surface area contributed by atoms with Gasteiger partial charge in [0.25, 0.3) is 0 Å². The second-order valence-corrected chi connectivity index (χ2v) is 5.11. The Kier molecular flexibility index (Phi) is 4.29. The maximum Gasteiger partial charge on any atom is 0.523 e. The van der Waals surface area contributed by atoms with Gasteiger partial charge in [0.15, 0.2) is 6.23 Å². The molecule has 1 rings (SSSR count). The zero-order valence-electron chi connectivity index (χ0n) is 9.42. The van der Waals surface area contributed by atoms with Gasteiger partial charge < -0.3 is 24.7 Å². The van der Waals surface area contributed by atoms with E-state index >= 15 is 0 Å². The third-order valence-corrected chi connectivity index (χ3v) is 3.26. The van der Waals surface area contributed by atoms with Gasteiger partial charge in [0.1, 0.15) is 6.09 Å². The fourth-order valence-electron chi connectivity index (χ4n) is 1.39. The van der Waals surface area contributed by atoms with Crippen LogP contribution in [0.1, 0.15) is 6.42 Å². The Balaban J connectivity index is 3.19. The fourth-order valence-corrected chi connectivity index (χ4v) is 1.95. The van der Waals surface area contributed by atoms with Crippen molar-refractivity contribution >= 4 is 22.2 Å². The summed E-state index contributed by atoms with van der Waals surface area (Å²) >= 11 is 0. The summed E-state index contributed by atoms with van der Waals surface area (Å²) in [6.45, 7) is -0.489. The number of carbonyl (C=O) groups excluding carboxylic acids is 2. The van der Waals surface area contributed by atoms with E-state index in [0.29, 0.717) is 0 Å². The molecule has 0 radical (unpaired) electrons. The quantitative estimate of drug-likeness (QED) is 0.431. The van der Waals surface area contributed by atoms with Crippen molar-refractivity contribution in [1.29, 1.82) is 0 Å². The minimum absolute atomic E-state index is 0.00836. The van der Waals surface area contributed by atoms with Gasteiger partial charge >= 0.3 is 15.6 Å². The molecule has 0 saturated carbocycles. The van der Waals surface area contributed by atoms with Crippen LogP contribution in [0.25, 0.3) is 0 Å². The number of rotatable bonds is 3. The lowest BCUT2D eigenvalue weighted by atomic mass is 10.1. The molecule has 0 aliphatic carbocycles. The number of nitrogens with zero attached hydrogens (tertiary/aromatic N) is 1. The summed E-state index contributed by atoms with van der Waals surface area (Å²) in [5.74, 6) is -2.06. The van der Waals surface area contributed by atoms with E-state index in [1.807, 2.05) is 0 Å². The van der Waals surface area contributed by atoms with Crippen LogP contribution in [0.15, 0.2) is 11.6 Å². The van der Waals surface area contributed by atoms with Gasteiger partial charge in [-0.2, -0.15) is 21.6 Å². The first-order chi connectivity index (χ1) is 8.97. The van der Waals surface area contributed by atoms with Crippen LogP contribution in [-0.2, 0) is 19.1 Å². The van der Waals surface area contributed by atoms with Crippen LogP contribution in [0.4, 0.5) is 18.0 Å². The van der Waals surface area contributed by atoms with E-state index in [1.54, 1.807) is 0 Å². The zero-order valence-corrected chi connectivity index (χ0v) is 10.2. The minimum atomic E-state index is -6.19. The highest BCUT2D eigenvalue weighted by molar-refractivity contribution is 7.87. The van der Waals surface area contributed by atoms with Crippen LogP contribution in [0.5, 0.6) is 0 Å². The Morgan fingerprint density at radius 2 is 1.90 bits per heavy atom. The van der Waals surface area contributed by atoms with Crippen molar-refractivity contribution in [2.75, 3.05) is 6.54 Å². The van der Waals surface area contributed by atoms with Gasteiger partial charge in [-0.1, -0.05) is 6.08 Å². The molecule has 0 aromatic heterocycles. The van der Waals surface area contributed by atoms with Crippen molar-refractivity contribution in [2.45, 2.75) is 18.2 Å². The number of carbonyl (C=O) groups is 2. The highest BCUT2D eigenvalue weighted by Crippen LogP contribution is 2.29. The molecule has 1 amide bonds. The molecule has 12 heteroatoms. The van der Waals surface area contributed by atoms with Crippen molar-refractivity contribution in [3.63, 3.8) is 0 Å². The van der Waals surface area contributed by atoms with E-state index in [-0.39, 0.29) is 11.3 Å². The molecule has 0 saturated heterocycles. The third kappa shape index (κ3) is 3.19. The number of carboxylic acid groups (broad SMARTS) is 2. The smallest absolute Gasteiger partial charge is 0.523 e. The Morgan fingerprint density at radius 3 is 2.30 bits per heavy atom. The van der Waals surface area contributed by atoms with Crippen molar-refractivity contribution in [3.8, 4) is 0 Å². The minimum Gasteiger partial charge on any atom is -0.545 e. The lowest BCUT2D eigenvalue weighted by Gasteiger charge is -2.37. The van der Waals surface area contributed by atoms with Crippen LogP contribution in [0.2, 0.25) is 0 Å². The number of aliphatic carboxylic acids is 1. The van der Waals surface area contributed by atoms with Gasteiger partial charge in [0, 0.05) is 12.1 Å². The normalized spacial score (nSPS) is 20.4. The third-order valence-electron chi connectivity index (χ3n) is 2.25. The molecule has 8 nitrogen and oxygen atoms in total. The summed E-state index contributed by atoms with van der Waals surface area (Å²) < 4.78 is 61.8. The van der Waals surface area contributed by atoms with Gasteiger partial charge in [-0.15, -0.1) is 0 Å². The van der Waals surface area contributed by atoms with Gasteiger partial charge in [-0.25, -0.2) is 4.18 Å². The lowest BCUT2D eigenvalue weighted by molar-refractivity contribution is -0.301. The first-order valence-electron chi connectivity index (χ1n) is 4.86. The molecule has 0 aromatic carbocycles. The van der Waals surface area contributed by atoms with E-state index in [9.17, 15) is 41.4 Å². The molecule has 1 heterocycles. The number of carboxylic acids is 1. The number of alkyl halides is 3. The molecule has 1 atom stereocenters. The van der Waals surface area contributed by atoms with E-state index in [0.717, 1.165) is 6.08 Å². The molecule has 114 valence electrons. The van der Waals surface area contributed by atoms with Gasteiger partial charge in [-0.3, -0.25) is 0 Å². The molecule has 1 aliphatic heterocycles. The molecule has 1 unspecified atom stereocenters. The second-order valence-electron chi connectivity index (χ2n) is 3.54. The number of halogens is 3. The largest absolute Gasteiger partial charge is 0.545 e. The van der Waals surface area contributed by atoms with Crippen LogP contribution < -0.4 is 10.2 Å². The maximum absolute atomic E-state index is 12.2. The van der Waals surface area contributed by atoms with Gasteiger partial charge in [-0.05, 0) is 6.42 Å². The molecule has 0 aromatic rings. The molecule has 0 N–H and O–H groups in total. The van der Waals surface area contributed by atoms with Crippen molar-refractivity contribution in [2.24, 2.45) is 0 Å². The Bertz CT molecular complexity index is 553. The summed E-state index contributed by atoms with van der Waals surface area (Å²) in [5, 5.41) is 21.4.